The van der Waals surface area contributed by atoms with Crippen LogP contribution in [0.1, 0.15) is 51.9 Å². The van der Waals surface area contributed by atoms with Crippen molar-refractivity contribution in [3.63, 3.8) is 0 Å². The molecule has 0 saturated carbocycles. The maximum absolute atomic E-state index is 12.4. The van der Waals surface area contributed by atoms with E-state index in [0.717, 1.165) is 4.90 Å². The summed E-state index contributed by atoms with van der Waals surface area (Å²) in [7, 11) is 0. The second-order valence-corrected chi connectivity index (χ2v) is 7.21. The van der Waals surface area contributed by atoms with Gasteiger partial charge in [0.2, 0.25) is 5.91 Å². The molecule has 0 aliphatic heterocycles. The molecule has 0 bridgehead atoms. The third-order valence-corrected chi connectivity index (χ3v) is 2.56. The van der Waals surface area contributed by atoms with E-state index in [2.05, 4.69) is 0 Å². The fourth-order valence-corrected chi connectivity index (χ4v) is 1.68. The summed E-state index contributed by atoms with van der Waals surface area (Å²) in [5, 5.41) is 0. The highest BCUT2D eigenvalue weighted by Crippen LogP contribution is 2.22. The van der Waals surface area contributed by atoms with Gasteiger partial charge in [0, 0.05) is 5.56 Å². The second kappa shape index (κ2) is 6.90. The zero-order valence-electron chi connectivity index (χ0n) is 14.9. The molecule has 132 valence electrons. The highest BCUT2D eigenvalue weighted by atomic mass is 16.6. The smallest absolute Gasteiger partial charge is 0.424 e. The van der Waals surface area contributed by atoms with E-state index in [1.165, 1.54) is 24.3 Å². The molecule has 3 amide bonds. The van der Waals surface area contributed by atoms with Gasteiger partial charge in [-0.25, -0.2) is 9.59 Å². The average molecular weight is 336 g/mol. The number of hydrogen-bond donors (Lipinski definition) is 1. The Morgan fingerprint density at radius 1 is 0.833 bits per heavy atom. The Morgan fingerprint density at radius 2 is 1.21 bits per heavy atom. The molecule has 0 heterocycles. The van der Waals surface area contributed by atoms with Gasteiger partial charge >= 0.3 is 12.2 Å². The number of nitrogens with two attached hydrogens (primary N) is 1. The zero-order chi connectivity index (χ0) is 18.7. The molecule has 24 heavy (non-hydrogen) atoms. The van der Waals surface area contributed by atoms with Crippen LogP contribution in [0.15, 0.2) is 24.3 Å². The summed E-state index contributed by atoms with van der Waals surface area (Å²) in [4.78, 5) is 36.8. The molecule has 1 aromatic rings. The largest absolute Gasteiger partial charge is 0.443 e. The van der Waals surface area contributed by atoms with Gasteiger partial charge in [0.25, 0.3) is 0 Å². The lowest BCUT2D eigenvalue weighted by molar-refractivity contribution is 0.0430. The van der Waals surface area contributed by atoms with Crippen LogP contribution in [0.5, 0.6) is 0 Å². The lowest BCUT2D eigenvalue weighted by Gasteiger charge is -2.28. The molecular formula is C17H24N2O5. The highest BCUT2D eigenvalue weighted by Gasteiger charge is 2.32. The lowest BCUT2D eigenvalue weighted by atomic mass is 10.2. The minimum absolute atomic E-state index is 0.212. The summed E-state index contributed by atoms with van der Waals surface area (Å²) in [5.74, 6) is -0.609. The average Bonchev–Trinajstić information content (AvgIpc) is 2.34. The van der Waals surface area contributed by atoms with Crippen LogP contribution >= 0.6 is 0 Å². The molecule has 0 atom stereocenters. The molecule has 7 nitrogen and oxygen atoms in total. The third-order valence-electron chi connectivity index (χ3n) is 2.56. The molecule has 2 N–H and O–H groups in total. The number of nitrogens with zero attached hydrogens (tertiary/aromatic N) is 1. The van der Waals surface area contributed by atoms with E-state index >= 15 is 0 Å². The molecule has 0 aromatic heterocycles. The first-order valence-electron chi connectivity index (χ1n) is 7.46. The van der Waals surface area contributed by atoms with Crippen molar-refractivity contribution >= 4 is 23.8 Å². The van der Waals surface area contributed by atoms with Gasteiger partial charge in [-0.15, -0.1) is 0 Å². The maximum atomic E-state index is 12.4. The van der Waals surface area contributed by atoms with Crippen molar-refractivity contribution in [3.8, 4) is 0 Å². The topological polar surface area (TPSA) is 98.9 Å². The number of carbonyl (C=O) groups excluding carboxylic acids is 3. The van der Waals surface area contributed by atoms with E-state index in [1.807, 2.05) is 0 Å². The molecule has 1 aromatic carbocycles. The van der Waals surface area contributed by atoms with Crippen LogP contribution in [-0.2, 0) is 9.47 Å². The molecule has 1 rings (SSSR count). The first kappa shape index (κ1) is 19.5. The number of amides is 3. The quantitative estimate of drug-likeness (QED) is 0.891. The molecule has 0 spiro atoms. The summed E-state index contributed by atoms with van der Waals surface area (Å²) in [6, 6.07) is 5.68. The molecule has 0 aliphatic carbocycles. The summed E-state index contributed by atoms with van der Waals surface area (Å²) in [6.07, 6.45) is -1.74. The van der Waals surface area contributed by atoms with E-state index < -0.39 is 29.3 Å². The predicted molar refractivity (Wildman–Crippen MR) is 89.9 cm³/mol. The molecule has 0 unspecified atom stereocenters. The van der Waals surface area contributed by atoms with Gasteiger partial charge in [-0.3, -0.25) is 4.79 Å². The van der Waals surface area contributed by atoms with Crippen molar-refractivity contribution in [1.29, 1.82) is 0 Å². The number of primary amides is 1. The summed E-state index contributed by atoms with van der Waals surface area (Å²) in [5.41, 5.74) is 4.08. The predicted octanol–water partition coefficient (Wildman–Crippen LogP) is 3.46. The van der Waals surface area contributed by atoms with Gasteiger partial charge in [0.15, 0.2) is 0 Å². The van der Waals surface area contributed by atoms with E-state index in [0.29, 0.717) is 0 Å². The van der Waals surface area contributed by atoms with Gasteiger partial charge in [0.1, 0.15) is 11.2 Å². The Labute approximate surface area is 141 Å². The maximum Gasteiger partial charge on any atom is 0.424 e. The number of hydrogen-bond acceptors (Lipinski definition) is 5. The van der Waals surface area contributed by atoms with Crippen LogP contribution in [0.4, 0.5) is 15.3 Å². The van der Waals surface area contributed by atoms with Gasteiger partial charge in [0.05, 0.1) is 5.69 Å². The van der Waals surface area contributed by atoms with Crippen molar-refractivity contribution in [3.05, 3.63) is 29.8 Å². The molecule has 0 aliphatic rings. The fourth-order valence-electron chi connectivity index (χ4n) is 1.68. The summed E-state index contributed by atoms with van der Waals surface area (Å²) >= 11 is 0. The molecular weight excluding hydrogens is 312 g/mol. The SMILES string of the molecule is CC(C)(C)OC(=O)N(C(=O)OC(C)(C)C)c1ccc(C(N)=O)cc1. The summed E-state index contributed by atoms with van der Waals surface area (Å²) < 4.78 is 10.5. The van der Waals surface area contributed by atoms with Gasteiger partial charge in [-0.2, -0.15) is 4.90 Å². The van der Waals surface area contributed by atoms with E-state index in [9.17, 15) is 14.4 Å². The first-order chi connectivity index (χ1) is 10.8. The Morgan fingerprint density at radius 3 is 1.50 bits per heavy atom. The number of carbonyl (C=O) groups is 3. The molecule has 0 radical (unpaired) electrons. The Bertz CT molecular complexity index is 596. The van der Waals surface area contributed by atoms with Crippen molar-refractivity contribution in [2.24, 2.45) is 5.73 Å². The highest BCUT2D eigenvalue weighted by molar-refractivity contribution is 6.09. The Hall–Kier alpha value is -2.57. The van der Waals surface area contributed by atoms with Crippen molar-refractivity contribution in [1.82, 2.24) is 0 Å². The molecule has 0 saturated heterocycles. The van der Waals surface area contributed by atoms with Crippen LogP contribution in [0.3, 0.4) is 0 Å². The Kier molecular flexibility index (Phi) is 5.60. The van der Waals surface area contributed by atoms with Crippen molar-refractivity contribution < 1.29 is 23.9 Å². The fraction of sp³-hybridized carbons (Fsp3) is 0.471. The minimum Gasteiger partial charge on any atom is -0.443 e. The van der Waals surface area contributed by atoms with Crippen molar-refractivity contribution in [2.45, 2.75) is 52.7 Å². The van der Waals surface area contributed by atoms with Gasteiger partial charge < -0.3 is 15.2 Å². The third kappa shape index (κ3) is 5.91. The van der Waals surface area contributed by atoms with Gasteiger partial charge in [-0.1, -0.05) is 0 Å². The zero-order valence-corrected chi connectivity index (χ0v) is 14.9. The number of imide groups is 1. The molecule has 7 heteroatoms. The standard InChI is InChI=1S/C17H24N2O5/c1-16(2,3)23-14(21)19(15(22)24-17(4,5)6)12-9-7-11(8-10-12)13(18)20/h7-10H,1-6H3,(H2,18,20). The van der Waals surface area contributed by atoms with Crippen LogP contribution in [0.2, 0.25) is 0 Å². The van der Waals surface area contributed by atoms with E-state index in [-0.39, 0.29) is 11.3 Å². The minimum atomic E-state index is -0.872. The van der Waals surface area contributed by atoms with Crippen LogP contribution in [0, 0.1) is 0 Å². The second-order valence-electron chi connectivity index (χ2n) is 7.21. The number of ether oxygens (including phenoxy) is 2. The monoisotopic (exact) mass is 336 g/mol. The van der Waals surface area contributed by atoms with Crippen LogP contribution in [-0.4, -0.2) is 29.3 Å². The Balaban J connectivity index is 3.19. The number of anilines is 1. The van der Waals surface area contributed by atoms with Crippen molar-refractivity contribution in [2.75, 3.05) is 4.90 Å². The number of rotatable bonds is 2. The molecule has 0 fully saturated rings. The van der Waals surface area contributed by atoms with Crippen LogP contribution < -0.4 is 10.6 Å². The van der Waals surface area contributed by atoms with Crippen LogP contribution in [0.25, 0.3) is 0 Å². The van der Waals surface area contributed by atoms with Gasteiger partial charge in [-0.05, 0) is 65.8 Å². The first-order valence-corrected chi connectivity index (χ1v) is 7.46. The normalized spacial score (nSPS) is 11.6. The lowest BCUT2D eigenvalue weighted by Crippen LogP contribution is -2.43. The van der Waals surface area contributed by atoms with E-state index in [1.54, 1.807) is 41.5 Å². The summed E-state index contributed by atoms with van der Waals surface area (Å²) in [6.45, 7) is 10.1. The van der Waals surface area contributed by atoms with E-state index in [4.69, 9.17) is 15.2 Å². The number of benzene rings is 1.